The number of hydrogen-bond donors (Lipinski definition) is 2. The maximum absolute atomic E-state index is 12.2. The van der Waals surface area contributed by atoms with Crippen molar-refractivity contribution in [2.24, 2.45) is 0 Å². The van der Waals surface area contributed by atoms with Crippen molar-refractivity contribution in [1.82, 2.24) is 9.88 Å². The number of aromatic nitrogens is 1. The third-order valence-corrected chi connectivity index (χ3v) is 4.92. The van der Waals surface area contributed by atoms with Crippen molar-refractivity contribution in [2.45, 2.75) is 39.3 Å². The normalized spacial score (nSPS) is 13.7. The zero-order valence-electron chi connectivity index (χ0n) is 15.3. The summed E-state index contributed by atoms with van der Waals surface area (Å²) in [4.78, 5) is 31.5. The van der Waals surface area contributed by atoms with E-state index in [9.17, 15) is 9.59 Å². The number of carbonyl (C=O) groups excluding carboxylic acids is 2. The second kappa shape index (κ2) is 7.74. The van der Waals surface area contributed by atoms with Crippen LogP contribution in [0.4, 0.5) is 20.4 Å². The minimum absolute atomic E-state index is 0.338. The summed E-state index contributed by atoms with van der Waals surface area (Å²) in [5.41, 5.74) is 0.964. The highest BCUT2D eigenvalue weighted by Crippen LogP contribution is 2.29. The Morgan fingerprint density at radius 2 is 2.07 bits per heavy atom. The van der Waals surface area contributed by atoms with Crippen molar-refractivity contribution in [3.63, 3.8) is 0 Å². The predicted molar refractivity (Wildman–Crippen MR) is 107 cm³/mol. The number of nitrogens with one attached hydrogen (secondary N) is 2. The van der Waals surface area contributed by atoms with Crippen LogP contribution in [-0.2, 0) is 17.7 Å². The summed E-state index contributed by atoms with van der Waals surface area (Å²) in [5.74, 6) is 0. The molecule has 9 heteroatoms. The summed E-state index contributed by atoms with van der Waals surface area (Å²) in [5, 5.41) is 6.47. The molecule has 0 spiro atoms. The number of ether oxygens (including phenoxy) is 1. The van der Waals surface area contributed by atoms with E-state index < -0.39 is 11.6 Å². The lowest BCUT2D eigenvalue weighted by Gasteiger charge is -2.29. The van der Waals surface area contributed by atoms with Crippen LogP contribution in [-0.4, -0.2) is 34.2 Å². The van der Waals surface area contributed by atoms with Gasteiger partial charge in [-0.25, -0.2) is 14.6 Å². The minimum Gasteiger partial charge on any atom is -0.444 e. The van der Waals surface area contributed by atoms with E-state index >= 15 is 0 Å². The first-order valence-corrected chi connectivity index (χ1v) is 9.69. The molecule has 2 aromatic rings. The van der Waals surface area contributed by atoms with Crippen LogP contribution in [0.15, 0.2) is 24.3 Å². The highest BCUT2D eigenvalue weighted by atomic mass is 35.5. The quantitative estimate of drug-likeness (QED) is 0.752. The molecule has 0 fully saturated rings. The Morgan fingerprint density at radius 1 is 1.30 bits per heavy atom. The number of halogens is 1. The number of amides is 3. The Hall–Kier alpha value is -2.32. The lowest BCUT2D eigenvalue weighted by Crippen LogP contribution is -2.39. The molecular formula is C18H21ClN4O3S. The summed E-state index contributed by atoms with van der Waals surface area (Å²) in [6.07, 6.45) is 0.289. The van der Waals surface area contributed by atoms with E-state index in [2.05, 4.69) is 15.6 Å². The average molecular weight is 409 g/mol. The molecule has 1 aromatic carbocycles. The molecule has 1 aliphatic heterocycles. The fourth-order valence-electron chi connectivity index (χ4n) is 2.56. The molecule has 1 aliphatic rings. The van der Waals surface area contributed by atoms with Gasteiger partial charge in [-0.05, 0) is 39.0 Å². The van der Waals surface area contributed by atoms with Crippen LogP contribution in [0.2, 0.25) is 5.02 Å². The van der Waals surface area contributed by atoms with Gasteiger partial charge in [0.15, 0.2) is 5.13 Å². The molecular weight excluding hydrogens is 388 g/mol. The largest absolute Gasteiger partial charge is 0.444 e. The number of carbonyl (C=O) groups is 2. The number of urea groups is 1. The molecule has 0 bridgehead atoms. The molecule has 0 saturated heterocycles. The second-order valence-electron chi connectivity index (χ2n) is 7.13. The van der Waals surface area contributed by atoms with Gasteiger partial charge in [0, 0.05) is 28.6 Å². The Labute approximate surface area is 166 Å². The lowest BCUT2D eigenvalue weighted by molar-refractivity contribution is 0.0225. The van der Waals surface area contributed by atoms with Gasteiger partial charge in [-0.15, -0.1) is 0 Å². The van der Waals surface area contributed by atoms with Crippen molar-refractivity contribution in [3.8, 4) is 0 Å². The SMILES string of the molecule is CC(C)(C)OC(=O)N1CCc2nc(NC(=O)Nc3cccc(Cl)c3)sc2C1. The summed E-state index contributed by atoms with van der Waals surface area (Å²) in [7, 11) is 0. The zero-order valence-corrected chi connectivity index (χ0v) is 16.9. The molecule has 27 heavy (non-hydrogen) atoms. The molecule has 7 nitrogen and oxygen atoms in total. The first-order valence-electron chi connectivity index (χ1n) is 8.50. The molecule has 0 atom stereocenters. The van der Waals surface area contributed by atoms with Gasteiger partial charge in [0.25, 0.3) is 0 Å². The zero-order chi connectivity index (χ0) is 19.6. The summed E-state index contributed by atoms with van der Waals surface area (Å²) in [6, 6.07) is 6.50. The van der Waals surface area contributed by atoms with Crippen LogP contribution in [0.25, 0.3) is 0 Å². The van der Waals surface area contributed by atoms with E-state index in [4.69, 9.17) is 16.3 Å². The molecule has 0 unspecified atom stereocenters. The van der Waals surface area contributed by atoms with Crippen molar-refractivity contribution in [1.29, 1.82) is 0 Å². The van der Waals surface area contributed by atoms with E-state index in [1.165, 1.54) is 11.3 Å². The van der Waals surface area contributed by atoms with E-state index in [1.807, 2.05) is 20.8 Å². The standard InChI is InChI=1S/C18H21ClN4O3S/c1-18(2,3)26-17(25)23-8-7-13-14(10-23)27-16(21-13)22-15(24)20-12-6-4-5-11(19)9-12/h4-6,9H,7-8,10H2,1-3H3,(H2,20,21,22,24). The first kappa shape index (κ1) is 19.4. The van der Waals surface area contributed by atoms with Gasteiger partial charge in [-0.2, -0.15) is 0 Å². The highest BCUT2D eigenvalue weighted by molar-refractivity contribution is 7.15. The van der Waals surface area contributed by atoms with E-state index in [-0.39, 0.29) is 6.09 Å². The molecule has 0 aliphatic carbocycles. The molecule has 0 radical (unpaired) electrons. The van der Waals surface area contributed by atoms with Crippen LogP contribution in [0.1, 0.15) is 31.3 Å². The average Bonchev–Trinajstić information content (AvgIpc) is 2.94. The Balaban J connectivity index is 1.61. The Bertz CT molecular complexity index is 863. The topological polar surface area (TPSA) is 83.6 Å². The van der Waals surface area contributed by atoms with Gasteiger partial charge in [0.05, 0.1) is 12.2 Å². The van der Waals surface area contributed by atoms with Gasteiger partial charge in [-0.1, -0.05) is 29.0 Å². The van der Waals surface area contributed by atoms with Crippen LogP contribution in [0.5, 0.6) is 0 Å². The Morgan fingerprint density at radius 3 is 2.78 bits per heavy atom. The maximum atomic E-state index is 12.2. The van der Waals surface area contributed by atoms with Crippen LogP contribution >= 0.6 is 22.9 Å². The molecule has 3 rings (SSSR count). The Kier molecular flexibility index (Phi) is 5.57. The van der Waals surface area contributed by atoms with Gasteiger partial charge in [0.1, 0.15) is 5.60 Å². The van der Waals surface area contributed by atoms with Gasteiger partial charge >= 0.3 is 12.1 Å². The molecule has 1 aromatic heterocycles. The number of hydrogen-bond acceptors (Lipinski definition) is 5. The molecule has 0 saturated carbocycles. The van der Waals surface area contributed by atoms with E-state index in [0.29, 0.717) is 35.4 Å². The second-order valence-corrected chi connectivity index (χ2v) is 8.65. The smallest absolute Gasteiger partial charge is 0.410 e. The number of rotatable bonds is 2. The lowest BCUT2D eigenvalue weighted by atomic mass is 10.2. The van der Waals surface area contributed by atoms with Crippen LogP contribution in [0.3, 0.4) is 0 Å². The highest BCUT2D eigenvalue weighted by Gasteiger charge is 2.28. The van der Waals surface area contributed by atoms with E-state index in [0.717, 1.165) is 10.6 Å². The molecule has 2 N–H and O–H groups in total. The summed E-state index contributed by atoms with van der Waals surface area (Å²) >= 11 is 7.27. The number of fused-ring (bicyclic) bond motifs is 1. The van der Waals surface area contributed by atoms with E-state index in [1.54, 1.807) is 29.2 Å². The molecule has 144 valence electrons. The monoisotopic (exact) mass is 408 g/mol. The van der Waals surface area contributed by atoms with Crippen molar-refractivity contribution in [2.75, 3.05) is 17.2 Å². The number of thiazole rings is 1. The van der Waals surface area contributed by atoms with Crippen LogP contribution in [0, 0.1) is 0 Å². The predicted octanol–water partition coefficient (Wildman–Crippen LogP) is 4.73. The fraction of sp³-hybridized carbons (Fsp3) is 0.389. The van der Waals surface area contributed by atoms with Crippen LogP contribution < -0.4 is 10.6 Å². The molecule has 2 heterocycles. The number of anilines is 2. The molecule has 3 amide bonds. The van der Waals surface area contributed by atoms with Gasteiger partial charge < -0.3 is 15.0 Å². The third-order valence-electron chi connectivity index (χ3n) is 3.69. The number of nitrogens with zero attached hydrogens (tertiary/aromatic N) is 2. The maximum Gasteiger partial charge on any atom is 0.410 e. The van der Waals surface area contributed by atoms with Crippen molar-refractivity contribution in [3.05, 3.63) is 39.9 Å². The van der Waals surface area contributed by atoms with Crippen molar-refractivity contribution >= 4 is 45.9 Å². The summed E-state index contributed by atoms with van der Waals surface area (Å²) in [6.45, 7) is 6.49. The number of benzene rings is 1. The van der Waals surface area contributed by atoms with Gasteiger partial charge in [0.2, 0.25) is 0 Å². The minimum atomic E-state index is -0.532. The summed E-state index contributed by atoms with van der Waals surface area (Å²) < 4.78 is 5.42. The van der Waals surface area contributed by atoms with Gasteiger partial charge in [-0.3, -0.25) is 5.32 Å². The third kappa shape index (κ3) is 5.33. The fourth-order valence-corrected chi connectivity index (χ4v) is 3.77. The first-order chi connectivity index (χ1) is 12.7. The van der Waals surface area contributed by atoms with Crippen molar-refractivity contribution < 1.29 is 14.3 Å².